The lowest BCUT2D eigenvalue weighted by atomic mass is 10.1. The molecule has 0 saturated carbocycles. The van der Waals surface area contributed by atoms with Gasteiger partial charge >= 0.3 is 17.9 Å². The molecule has 2 aliphatic rings. The topological polar surface area (TPSA) is 331 Å². The summed E-state index contributed by atoms with van der Waals surface area (Å²) in [5, 5.41) is 19.7. The van der Waals surface area contributed by atoms with Crippen molar-refractivity contribution in [3.05, 3.63) is 23.3 Å². The fourth-order valence-electron chi connectivity index (χ4n) is 5.83. The van der Waals surface area contributed by atoms with Gasteiger partial charge in [-0.1, -0.05) is 13.8 Å². The van der Waals surface area contributed by atoms with Crippen molar-refractivity contribution in [2.24, 2.45) is 5.14 Å². The summed E-state index contributed by atoms with van der Waals surface area (Å²) in [6.45, 7) is 11.5. The molecule has 0 aromatic carbocycles. The van der Waals surface area contributed by atoms with Crippen molar-refractivity contribution in [1.29, 1.82) is 0 Å². The Morgan fingerprint density at radius 3 is 1.52 bits per heavy atom. The number of nitrogens with two attached hydrogens (primary N) is 1. The number of hydrogen-bond acceptors (Lipinski definition) is 20. The first-order chi connectivity index (χ1) is 29.2. The predicted molar refractivity (Wildman–Crippen MR) is 229 cm³/mol. The number of esters is 2. The van der Waals surface area contributed by atoms with E-state index in [-0.39, 0.29) is 42.5 Å². The number of carbonyl (C=O) groups excluding carboxylic acids is 3. The highest BCUT2D eigenvalue weighted by molar-refractivity contribution is 7.94. The van der Waals surface area contributed by atoms with Crippen LogP contribution in [0.15, 0.2) is 29.0 Å². The molecule has 1 amide bonds. The number of carboxylic acid groups (broad SMARTS) is 1. The number of methoxy groups -OCH3 is 2. The Morgan fingerprint density at radius 2 is 1.17 bits per heavy atom. The van der Waals surface area contributed by atoms with Crippen LogP contribution in [0.3, 0.4) is 0 Å². The summed E-state index contributed by atoms with van der Waals surface area (Å²) in [7, 11) is -12.8. The van der Waals surface area contributed by atoms with Crippen LogP contribution in [0.2, 0.25) is 0 Å². The summed E-state index contributed by atoms with van der Waals surface area (Å²) in [6.07, 6.45) is -1.30. The van der Waals surface area contributed by atoms with Gasteiger partial charge in [-0.15, -0.1) is 22.7 Å². The molecule has 0 aliphatic carbocycles. The van der Waals surface area contributed by atoms with Gasteiger partial charge in [0.1, 0.15) is 16.8 Å². The van der Waals surface area contributed by atoms with Crippen LogP contribution in [-0.4, -0.2) is 150 Å². The molecule has 29 heteroatoms. The average Bonchev–Trinajstić information content (AvgIpc) is 3.84. The highest BCUT2D eigenvalue weighted by Gasteiger charge is 2.41. The number of nitrogens with one attached hydrogen (secondary N) is 3. The number of ether oxygens (including phenoxy) is 4. The van der Waals surface area contributed by atoms with Crippen LogP contribution in [0.25, 0.3) is 0 Å². The molecule has 2 aromatic heterocycles. The van der Waals surface area contributed by atoms with Crippen molar-refractivity contribution in [3.8, 4) is 0 Å². The monoisotopic (exact) mass is 1010 g/mol. The second-order valence-corrected chi connectivity index (χ2v) is 23.7. The van der Waals surface area contributed by atoms with E-state index in [9.17, 15) is 52.8 Å². The molecule has 0 fully saturated rings. The van der Waals surface area contributed by atoms with Gasteiger partial charge in [-0.25, -0.2) is 48.3 Å². The van der Waals surface area contributed by atoms with E-state index in [0.717, 1.165) is 6.92 Å². The lowest BCUT2D eigenvalue weighted by Crippen LogP contribution is -2.43. The molecular weight excluding hydrogens is 957 g/mol. The first-order valence-electron chi connectivity index (χ1n) is 19.1. The summed E-state index contributed by atoms with van der Waals surface area (Å²) in [5.74, 6) is -3.48. The van der Waals surface area contributed by atoms with Gasteiger partial charge < -0.3 is 34.7 Å². The van der Waals surface area contributed by atoms with Crippen LogP contribution in [0.1, 0.15) is 77.6 Å². The Morgan fingerprint density at radius 1 is 0.778 bits per heavy atom. The number of hydrogen-bond donors (Lipinski definition) is 5. The second kappa shape index (κ2) is 24.4. The molecule has 0 radical (unpaired) electrons. The van der Waals surface area contributed by atoms with Gasteiger partial charge in [0.05, 0.1) is 0 Å². The molecule has 2 aliphatic heterocycles. The predicted octanol–water partition coefficient (Wildman–Crippen LogP) is 0.306. The summed E-state index contributed by atoms with van der Waals surface area (Å²) in [5.41, 5.74) is 0.819. The van der Waals surface area contributed by atoms with E-state index in [1.165, 1.54) is 48.6 Å². The van der Waals surface area contributed by atoms with Crippen LogP contribution in [-0.2, 0) is 78.2 Å². The summed E-state index contributed by atoms with van der Waals surface area (Å²) >= 11 is 1.29. The van der Waals surface area contributed by atoms with Gasteiger partial charge in [-0.3, -0.25) is 14.4 Å². The highest BCUT2D eigenvalue weighted by atomic mass is 32.3. The molecule has 6 N–H and O–H groups in total. The number of nitrogens with zero attached hydrogens (tertiary/aromatic N) is 2. The smallest absolute Gasteiger partial charge is 0.344 e. The van der Waals surface area contributed by atoms with Crippen molar-refractivity contribution in [1.82, 2.24) is 24.0 Å². The van der Waals surface area contributed by atoms with Gasteiger partial charge in [0, 0.05) is 90.7 Å². The van der Waals surface area contributed by atoms with Crippen molar-refractivity contribution in [2.45, 2.75) is 95.5 Å². The zero-order valence-electron chi connectivity index (χ0n) is 35.9. The van der Waals surface area contributed by atoms with E-state index >= 15 is 0 Å². The molecule has 0 saturated heterocycles. The maximum Gasteiger partial charge on any atom is 0.344 e. The first kappa shape index (κ1) is 55.9. The number of thiophene rings is 2. The molecule has 0 spiro atoms. The number of amides is 1. The summed E-state index contributed by atoms with van der Waals surface area (Å²) in [6, 6.07) is 1.98. The number of primary sulfonamides is 1. The number of likely N-dealkylation sites (N-methyl/N-ethyl adjacent to an activating group) is 2. The molecule has 0 unspecified atom stereocenters. The summed E-state index contributed by atoms with van der Waals surface area (Å²) in [4.78, 5) is 43.1. The molecule has 4 rings (SSSR count). The Kier molecular flexibility index (Phi) is 21.6. The lowest BCUT2D eigenvalue weighted by Gasteiger charge is -2.32. The number of sulfonamides is 4. The fraction of sp³-hybridized carbons (Fsp3) is 0.647. The van der Waals surface area contributed by atoms with Crippen LogP contribution < -0.4 is 20.5 Å². The fourth-order valence-corrected chi connectivity index (χ4v) is 15.1. The lowest BCUT2D eigenvalue weighted by molar-refractivity contribution is -0.161. The van der Waals surface area contributed by atoms with Gasteiger partial charge in [-0.2, -0.15) is 8.61 Å². The zero-order chi connectivity index (χ0) is 48.1. The maximum absolute atomic E-state index is 13.1. The maximum atomic E-state index is 13.1. The van der Waals surface area contributed by atoms with Crippen LogP contribution in [0.4, 0.5) is 0 Å². The van der Waals surface area contributed by atoms with E-state index in [1.807, 2.05) is 18.6 Å². The Hall–Kier alpha value is -3.20. The largest absolute Gasteiger partial charge is 0.479 e. The van der Waals surface area contributed by atoms with E-state index < -0.39 is 82.2 Å². The van der Waals surface area contributed by atoms with E-state index in [0.29, 0.717) is 79.5 Å². The minimum absolute atomic E-state index is 0.0520. The average molecular weight is 1010 g/mol. The number of fused-ring (bicyclic) bond motifs is 2. The van der Waals surface area contributed by atoms with Gasteiger partial charge in [-0.05, 0) is 51.9 Å². The van der Waals surface area contributed by atoms with Crippen LogP contribution in [0, 0.1) is 0 Å². The summed E-state index contributed by atoms with van der Waals surface area (Å²) < 4.78 is 123. The molecule has 2 aromatic rings. The molecular formula is C34H56N6O17S6. The van der Waals surface area contributed by atoms with Crippen LogP contribution >= 0.6 is 22.7 Å². The molecule has 23 nitrogen and oxygen atoms in total. The second-order valence-electron chi connectivity index (χ2n) is 13.6. The third-order valence-corrected chi connectivity index (χ3v) is 19.0. The SMILES string of the molecule is CC(=O)O[C@@H](C)C(=O)O.CCN[C@H]1CN(CCCOC)S(=O)(=O)c2sc(S(=O)(=O)NC(=O)[C@H](C)OC(C)=O)cc21.CCN[C@H]1CN(CCCOC)S(=O)(=O)c2sc(S(N)(=O)=O)cc21. The van der Waals surface area contributed by atoms with Gasteiger partial charge in [0.2, 0.25) is 10.0 Å². The van der Waals surface area contributed by atoms with E-state index in [2.05, 4.69) is 20.1 Å². The standard InChI is InChI=1S/C17H27N3O8S3.C12H21N3O5S3.C5H8O4/c1-5-18-14-10-20(7-6-8-27-4)31(25,26)17-13(14)9-15(29-17)30(23,24)19-16(22)11(2)28-12(3)21;1-3-14-10-8-15(5-4-6-20-2)23(18,19)12-9(10)7-11(21-12)22(13,16)17;1-3(5(7)8)9-4(2)6/h9,11,14,18H,5-8,10H2,1-4H3,(H,19,22);7,10,14H,3-6,8H2,1-2H3,(H2,13,16,17);3H,1-2H3,(H,7,8)/t11-,14-;10-;3-/m000/s1. The molecule has 360 valence electrons. The van der Waals surface area contributed by atoms with Crippen molar-refractivity contribution in [3.63, 3.8) is 0 Å². The Balaban J connectivity index is 0.000000373. The number of aliphatic carboxylic acids is 1. The zero-order valence-corrected chi connectivity index (χ0v) is 40.8. The van der Waals surface area contributed by atoms with E-state index in [4.69, 9.17) is 19.7 Å². The number of rotatable bonds is 19. The molecule has 4 heterocycles. The van der Waals surface area contributed by atoms with E-state index in [1.54, 1.807) is 7.11 Å². The Bertz CT molecular complexity index is 2350. The quantitative estimate of drug-likeness (QED) is 0.0934. The molecule has 63 heavy (non-hydrogen) atoms. The highest BCUT2D eigenvalue weighted by Crippen LogP contribution is 2.41. The molecule has 0 bridgehead atoms. The van der Waals surface area contributed by atoms with Crippen LogP contribution in [0.5, 0.6) is 0 Å². The normalized spacial score (nSPS) is 19.1. The van der Waals surface area contributed by atoms with Gasteiger partial charge in [0.25, 0.3) is 36.0 Å². The van der Waals surface area contributed by atoms with Crippen molar-refractivity contribution < 1.29 is 76.9 Å². The third-order valence-electron chi connectivity index (χ3n) is 8.67. The minimum atomic E-state index is -4.36. The Labute approximate surface area is 376 Å². The minimum Gasteiger partial charge on any atom is -0.479 e. The first-order valence-corrected chi connectivity index (χ1v) is 26.6. The van der Waals surface area contributed by atoms with Crippen molar-refractivity contribution in [2.75, 3.05) is 66.7 Å². The van der Waals surface area contributed by atoms with Gasteiger partial charge in [0.15, 0.2) is 12.2 Å². The number of carboxylic acids is 1. The molecule has 4 atom stereocenters. The number of carbonyl (C=O) groups is 4. The van der Waals surface area contributed by atoms with Crippen molar-refractivity contribution >= 4 is 86.6 Å². The third kappa shape index (κ3) is 15.7.